The minimum Gasteiger partial charge on any atom is -0.469 e. The van der Waals surface area contributed by atoms with Crippen molar-refractivity contribution in [2.75, 3.05) is 13.1 Å². The lowest BCUT2D eigenvalue weighted by atomic mass is 9.95. The molecule has 1 N–H and O–H groups in total. The van der Waals surface area contributed by atoms with Gasteiger partial charge in [0.05, 0.1) is 12.7 Å². The number of furan rings is 1. The third-order valence-corrected chi connectivity index (χ3v) is 2.17. The lowest BCUT2D eigenvalue weighted by Gasteiger charge is -2.25. The first-order chi connectivity index (χ1) is 5.86. The summed E-state index contributed by atoms with van der Waals surface area (Å²) in [6, 6.07) is 3.64. The van der Waals surface area contributed by atoms with Gasteiger partial charge in [-0.25, -0.2) is 0 Å². The van der Waals surface area contributed by atoms with E-state index in [1.54, 1.807) is 6.26 Å². The molecule has 1 aromatic heterocycles. The zero-order valence-corrected chi connectivity index (χ0v) is 6.75. The van der Waals surface area contributed by atoms with Gasteiger partial charge in [-0.2, -0.15) is 0 Å². The van der Waals surface area contributed by atoms with E-state index >= 15 is 0 Å². The van der Waals surface area contributed by atoms with Crippen molar-refractivity contribution in [3.8, 4) is 0 Å². The Hall–Kier alpha value is -1.09. The third kappa shape index (κ3) is 1.41. The summed E-state index contributed by atoms with van der Waals surface area (Å²) in [6.45, 7) is 1.67. The first-order valence-electron chi connectivity index (χ1n) is 4.12. The summed E-state index contributed by atoms with van der Waals surface area (Å²) in [6.07, 6.45) is 2.04. The number of hydrogen-bond donors (Lipinski definition) is 1. The molecule has 0 radical (unpaired) electrons. The van der Waals surface area contributed by atoms with E-state index in [0.29, 0.717) is 6.42 Å². The summed E-state index contributed by atoms with van der Waals surface area (Å²) < 4.78 is 5.08. The fourth-order valence-corrected chi connectivity index (χ4v) is 1.25. The number of hydrogen-bond acceptors (Lipinski definition) is 3. The van der Waals surface area contributed by atoms with Crippen molar-refractivity contribution in [1.82, 2.24) is 5.32 Å². The van der Waals surface area contributed by atoms with E-state index in [0.717, 1.165) is 18.8 Å². The highest BCUT2D eigenvalue weighted by molar-refractivity contribution is 5.83. The van der Waals surface area contributed by atoms with E-state index in [1.165, 1.54) is 0 Å². The zero-order valence-electron chi connectivity index (χ0n) is 6.75. The highest BCUT2D eigenvalue weighted by Gasteiger charge is 2.24. The van der Waals surface area contributed by atoms with Crippen molar-refractivity contribution in [3.63, 3.8) is 0 Å². The van der Waals surface area contributed by atoms with E-state index in [9.17, 15) is 4.79 Å². The molecular formula is C9H11NO2. The highest BCUT2D eigenvalue weighted by atomic mass is 16.3. The van der Waals surface area contributed by atoms with Gasteiger partial charge in [-0.15, -0.1) is 0 Å². The molecule has 12 heavy (non-hydrogen) atoms. The fraction of sp³-hybridized carbons (Fsp3) is 0.444. The van der Waals surface area contributed by atoms with Crippen molar-refractivity contribution >= 4 is 5.78 Å². The lowest BCUT2D eigenvalue weighted by molar-refractivity contribution is -0.123. The Labute approximate surface area is 70.8 Å². The summed E-state index contributed by atoms with van der Waals surface area (Å²) in [5, 5.41) is 3.07. The largest absolute Gasteiger partial charge is 0.469 e. The summed E-state index contributed by atoms with van der Waals surface area (Å²) in [7, 11) is 0. The maximum atomic E-state index is 11.4. The molecule has 0 amide bonds. The number of rotatable bonds is 3. The molecule has 2 rings (SSSR count). The Kier molecular flexibility index (Phi) is 1.96. The molecule has 1 aromatic rings. The SMILES string of the molecule is O=C(Cc1ccco1)C1CNC1. The topological polar surface area (TPSA) is 42.2 Å². The molecule has 0 bridgehead atoms. The van der Waals surface area contributed by atoms with Crippen molar-refractivity contribution < 1.29 is 9.21 Å². The van der Waals surface area contributed by atoms with Crippen LogP contribution in [0, 0.1) is 5.92 Å². The van der Waals surface area contributed by atoms with Gasteiger partial charge in [-0.05, 0) is 12.1 Å². The molecule has 0 aromatic carbocycles. The average molecular weight is 165 g/mol. The van der Waals surface area contributed by atoms with Crippen LogP contribution in [0.5, 0.6) is 0 Å². The standard InChI is InChI=1S/C9H11NO2/c11-9(7-5-10-6-7)4-8-2-1-3-12-8/h1-3,7,10H,4-6H2. The van der Waals surface area contributed by atoms with E-state index < -0.39 is 0 Å². The van der Waals surface area contributed by atoms with Gasteiger partial charge in [-0.3, -0.25) is 4.79 Å². The second kappa shape index (κ2) is 3.11. The van der Waals surface area contributed by atoms with Crippen LogP contribution in [0.2, 0.25) is 0 Å². The van der Waals surface area contributed by atoms with Gasteiger partial charge in [0.1, 0.15) is 11.5 Å². The molecule has 2 heterocycles. The Morgan fingerprint density at radius 3 is 3.00 bits per heavy atom. The Balaban J connectivity index is 1.90. The van der Waals surface area contributed by atoms with Gasteiger partial charge in [0.15, 0.2) is 0 Å². The van der Waals surface area contributed by atoms with Crippen LogP contribution in [0.25, 0.3) is 0 Å². The lowest BCUT2D eigenvalue weighted by Crippen LogP contribution is -2.47. The van der Waals surface area contributed by atoms with Gasteiger partial charge < -0.3 is 9.73 Å². The predicted octanol–water partition coefficient (Wildman–Crippen LogP) is 0.611. The van der Waals surface area contributed by atoms with Crippen molar-refractivity contribution in [2.45, 2.75) is 6.42 Å². The van der Waals surface area contributed by atoms with Gasteiger partial charge in [-0.1, -0.05) is 0 Å². The monoisotopic (exact) mass is 165 g/mol. The molecule has 1 aliphatic heterocycles. The van der Waals surface area contributed by atoms with Crippen LogP contribution in [0.1, 0.15) is 5.76 Å². The van der Waals surface area contributed by atoms with Gasteiger partial charge in [0.25, 0.3) is 0 Å². The Morgan fingerprint density at radius 1 is 1.67 bits per heavy atom. The van der Waals surface area contributed by atoms with Crippen LogP contribution in [-0.4, -0.2) is 18.9 Å². The smallest absolute Gasteiger partial charge is 0.146 e. The molecule has 1 fully saturated rings. The minimum atomic E-state index is 0.218. The van der Waals surface area contributed by atoms with Crippen LogP contribution < -0.4 is 5.32 Å². The Bertz CT molecular complexity index is 262. The van der Waals surface area contributed by atoms with Crippen molar-refractivity contribution in [1.29, 1.82) is 0 Å². The van der Waals surface area contributed by atoms with E-state index in [2.05, 4.69) is 5.32 Å². The predicted molar refractivity (Wildman–Crippen MR) is 43.8 cm³/mol. The number of Topliss-reactive ketones (excluding diaryl/α,β-unsaturated/α-hetero) is 1. The van der Waals surface area contributed by atoms with Crippen LogP contribution >= 0.6 is 0 Å². The first-order valence-corrected chi connectivity index (χ1v) is 4.12. The molecule has 1 saturated heterocycles. The maximum Gasteiger partial charge on any atom is 0.146 e. The number of carbonyl (C=O) groups excluding carboxylic acids is 1. The van der Waals surface area contributed by atoms with Crippen molar-refractivity contribution in [2.24, 2.45) is 5.92 Å². The normalized spacial score (nSPS) is 17.3. The molecule has 0 aliphatic carbocycles. The Morgan fingerprint density at radius 2 is 2.50 bits per heavy atom. The first kappa shape index (κ1) is 7.55. The number of ketones is 1. The van der Waals surface area contributed by atoms with Crippen LogP contribution in [0.4, 0.5) is 0 Å². The second-order valence-electron chi connectivity index (χ2n) is 3.08. The maximum absolute atomic E-state index is 11.4. The molecule has 1 aliphatic rings. The van der Waals surface area contributed by atoms with E-state index in [-0.39, 0.29) is 11.7 Å². The molecule has 0 atom stereocenters. The quantitative estimate of drug-likeness (QED) is 0.713. The van der Waals surface area contributed by atoms with Crippen LogP contribution in [0.3, 0.4) is 0 Å². The molecule has 0 saturated carbocycles. The summed E-state index contributed by atoms with van der Waals surface area (Å²) in [4.78, 5) is 11.4. The molecule has 64 valence electrons. The van der Waals surface area contributed by atoms with E-state index in [4.69, 9.17) is 4.42 Å². The van der Waals surface area contributed by atoms with Gasteiger partial charge >= 0.3 is 0 Å². The highest BCUT2D eigenvalue weighted by Crippen LogP contribution is 2.09. The van der Waals surface area contributed by atoms with Gasteiger partial charge in [0.2, 0.25) is 0 Å². The molecule has 0 unspecified atom stereocenters. The average Bonchev–Trinajstić information content (AvgIpc) is 2.34. The number of carbonyl (C=O) groups is 1. The molecular weight excluding hydrogens is 154 g/mol. The van der Waals surface area contributed by atoms with E-state index in [1.807, 2.05) is 12.1 Å². The van der Waals surface area contributed by atoms with Crippen LogP contribution in [0.15, 0.2) is 22.8 Å². The summed E-state index contributed by atoms with van der Waals surface area (Å²) in [5.74, 6) is 1.27. The molecule has 3 heteroatoms. The van der Waals surface area contributed by atoms with Gasteiger partial charge in [0, 0.05) is 19.0 Å². The molecule has 3 nitrogen and oxygen atoms in total. The zero-order chi connectivity index (χ0) is 8.39. The summed E-state index contributed by atoms with van der Waals surface area (Å²) >= 11 is 0. The molecule has 0 spiro atoms. The second-order valence-corrected chi connectivity index (χ2v) is 3.08. The minimum absolute atomic E-state index is 0.218. The fourth-order valence-electron chi connectivity index (χ4n) is 1.25. The third-order valence-electron chi connectivity index (χ3n) is 2.17. The number of nitrogens with one attached hydrogen (secondary N) is 1. The van der Waals surface area contributed by atoms with Crippen molar-refractivity contribution in [3.05, 3.63) is 24.2 Å². The summed E-state index contributed by atoms with van der Waals surface area (Å²) in [5.41, 5.74) is 0. The van der Waals surface area contributed by atoms with Crippen LogP contribution in [-0.2, 0) is 11.2 Å².